The Labute approximate surface area is 121 Å². The van der Waals surface area contributed by atoms with E-state index in [0.717, 1.165) is 45.1 Å². The molecule has 3 fully saturated rings. The average molecular weight is 280 g/mol. The second kappa shape index (κ2) is 6.44. The first-order valence-electron chi connectivity index (χ1n) is 8.45. The lowest BCUT2D eigenvalue weighted by atomic mass is 9.78. The number of hydrogen-bond donors (Lipinski definition) is 2. The van der Waals surface area contributed by atoms with E-state index in [1.165, 1.54) is 19.3 Å². The molecule has 20 heavy (non-hydrogen) atoms. The Balaban J connectivity index is 1.58. The Hall–Kier alpha value is -0.610. The van der Waals surface area contributed by atoms with E-state index in [2.05, 4.69) is 10.2 Å². The van der Waals surface area contributed by atoms with Crippen molar-refractivity contribution in [1.82, 2.24) is 10.2 Å². The van der Waals surface area contributed by atoms with Gasteiger partial charge in [0, 0.05) is 18.0 Å². The molecule has 0 spiro atoms. The Morgan fingerprint density at radius 3 is 2.55 bits per heavy atom. The minimum atomic E-state index is -0.152. The lowest BCUT2D eigenvalue weighted by Gasteiger charge is -2.43. The molecule has 0 radical (unpaired) electrons. The molecule has 1 aliphatic heterocycles. The summed E-state index contributed by atoms with van der Waals surface area (Å²) in [6, 6.07) is 0.870. The summed E-state index contributed by atoms with van der Waals surface area (Å²) >= 11 is 0. The van der Waals surface area contributed by atoms with Crippen LogP contribution in [0.25, 0.3) is 0 Å². The first kappa shape index (κ1) is 14.3. The maximum Gasteiger partial charge on any atom is 0.234 e. The van der Waals surface area contributed by atoms with Gasteiger partial charge in [-0.15, -0.1) is 0 Å². The summed E-state index contributed by atoms with van der Waals surface area (Å²) in [5.74, 6) is 0.572. The molecule has 2 saturated carbocycles. The first-order valence-corrected chi connectivity index (χ1v) is 8.45. The molecular formula is C16H28N2O2. The van der Waals surface area contributed by atoms with Crippen molar-refractivity contribution >= 4 is 5.91 Å². The summed E-state index contributed by atoms with van der Waals surface area (Å²) in [6.45, 7) is 1.55. The molecule has 3 aliphatic rings. The van der Waals surface area contributed by atoms with E-state index in [-0.39, 0.29) is 12.0 Å². The third-order valence-electron chi connectivity index (χ3n) is 5.23. The number of piperidine rings is 1. The van der Waals surface area contributed by atoms with Crippen LogP contribution in [-0.4, -0.2) is 47.2 Å². The fraction of sp³-hybridized carbons (Fsp3) is 0.938. The Kier molecular flexibility index (Phi) is 4.61. The van der Waals surface area contributed by atoms with E-state index in [1.807, 2.05) is 0 Å². The van der Waals surface area contributed by atoms with E-state index in [1.54, 1.807) is 0 Å². The highest BCUT2D eigenvalue weighted by Crippen LogP contribution is 2.34. The van der Waals surface area contributed by atoms with Gasteiger partial charge in [-0.05, 0) is 45.1 Å². The third-order valence-corrected chi connectivity index (χ3v) is 5.23. The smallest absolute Gasteiger partial charge is 0.234 e. The minimum absolute atomic E-state index is 0.152. The van der Waals surface area contributed by atoms with Gasteiger partial charge < -0.3 is 10.4 Å². The highest BCUT2D eigenvalue weighted by atomic mass is 16.3. The largest absolute Gasteiger partial charge is 0.393 e. The molecule has 3 unspecified atom stereocenters. The van der Waals surface area contributed by atoms with Gasteiger partial charge in [-0.3, -0.25) is 9.69 Å². The SMILES string of the molecule is O=C(CN1CCCCC1C1CCCCC1O)NC1CC1. The molecule has 1 amide bonds. The summed E-state index contributed by atoms with van der Waals surface area (Å²) in [5, 5.41) is 13.4. The molecule has 4 heteroatoms. The van der Waals surface area contributed by atoms with Crippen LogP contribution in [0.5, 0.6) is 0 Å². The molecule has 0 bridgehead atoms. The molecular weight excluding hydrogens is 252 g/mol. The summed E-state index contributed by atoms with van der Waals surface area (Å²) in [5.41, 5.74) is 0. The van der Waals surface area contributed by atoms with Crippen molar-refractivity contribution in [3.8, 4) is 0 Å². The van der Waals surface area contributed by atoms with Gasteiger partial charge in [-0.25, -0.2) is 0 Å². The number of likely N-dealkylation sites (tertiary alicyclic amines) is 1. The van der Waals surface area contributed by atoms with Crippen molar-refractivity contribution in [2.24, 2.45) is 5.92 Å². The van der Waals surface area contributed by atoms with Gasteiger partial charge in [0.05, 0.1) is 12.6 Å². The molecule has 3 rings (SSSR count). The van der Waals surface area contributed by atoms with Gasteiger partial charge in [0.15, 0.2) is 0 Å². The Morgan fingerprint density at radius 1 is 1.05 bits per heavy atom. The van der Waals surface area contributed by atoms with Crippen molar-refractivity contribution in [1.29, 1.82) is 0 Å². The number of carbonyl (C=O) groups excluding carboxylic acids is 1. The number of amides is 1. The molecule has 0 aromatic carbocycles. The number of carbonyl (C=O) groups is 1. The van der Waals surface area contributed by atoms with Crippen molar-refractivity contribution < 1.29 is 9.90 Å². The Morgan fingerprint density at radius 2 is 1.80 bits per heavy atom. The van der Waals surface area contributed by atoms with Gasteiger partial charge in [0.2, 0.25) is 5.91 Å². The monoisotopic (exact) mass is 280 g/mol. The Bertz CT molecular complexity index is 343. The van der Waals surface area contributed by atoms with Crippen molar-refractivity contribution in [2.75, 3.05) is 13.1 Å². The number of aliphatic hydroxyl groups is 1. The van der Waals surface area contributed by atoms with E-state index in [4.69, 9.17) is 0 Å². The normalized spacial score (nSPS) is 35.8. The summed E-state index contributed by atoms with van der Waals surface area (Å²) in [6.07, 6.45) is 10.2. The maximum absolute atomic E-state index is 12.1. The third kappa shape index (κ3) is 3.53. The molecule has 4 nitrogen and oxygen atoms in total. The van der Waals surface area contributed by atoms with Crippen molar-refractivity contribution in [2.45, 2.75) is 76.0 Å². The highest BCUT2D eigenvalue weighted by Gasteiger charge is 2.36. The highest BCUT2D eigenvalue weighted by molar-refractivity contribution is 5.78. The summed E-state index contributed by atoms with van der Waals surface area (Å²) < 4.78 is 0. The predicted molar refractivity (Wildman–Crippen MR) is 78.3 cm³/mol. The van der Waals surface area contributed by atoms with Crippen LogP contribution in [0.1, 0.15) is 57.8 Å². The number of rotatable bonds is 4. The van der Waals surface area contributed by atoms with Gasteiger partial charge in [0.25, 0.3) is 0 Å². The van der Waals surface area contributed by atoms with Crippen LogP contribution in [0.4, 0.5) is 0 Å². The van der Waals surface area contributed by atoms with E-state index < -0.39 is 0 Å². The van der Waals surface area contributed by atoms with Crippen molar-refractivity contribution in [3.63, 3.8) is 0 Å². The molecule has 114 valence electrons. The fourth-order valence-electron chi connectivity index (χ4n) is 3.97. The van der Waals surface area contributed by atoms with Crippen LogP contribution >= 0.6 is 0 Å². The molecule has 0 aromatic rings. The molecule has 1 saturated heterocycles. The maximum atomic E-state index is 12.1. The molecule has 2 N–H and O–H groups in total. The van der Waals surface area contributed by atoms with Gasteiger partial charge in [-0.2, -0.15) is 0 Å². The van der Waals surface area contributed by atoms with Crippen LogP contribution in [0.2, 0.25) is 0 Å². The van der Waals surface area contributed by atoms with Crippen LogP contribution in [-0.2, 0) is 4.79 Å². The molecule has 2 aliphatic carbocycles. The van der Waals surface area contributed by atoms with Gasteiger partial charge >= 0.3 is 0 Å². The molecule has 1 heterocycles. The zero-order chi connectivity index (χ0) is 13.9. The summed E-state index contributed by atoms with van der Waals surface area (Å²) in [7, 11) is 0. The quantitative estimate of drug-likeness (QED) is 0.823. The van der Waals surface area contributed by atoms with Crippen LogP contribution in [0.15, 0.2) is 0 Å². The number of aliphatic hydroxyl groups excluding tert-OH is 1. The van der Waals surface area contributed by atoms with Gasteiger partial charge in [-0.1, -0.05) is 19.3 Å². The van der Waals surface area contributed by atoms with Crippen LogP contribution < -0.4 is 5.32 Å². The lowest BCUT2D eigenvalue weighted by Crippen LogP contribution is -2.51. The molecule has 0 aromatic heterocycles. The fourth-order valence-corrected chi connectivity index (χ4v) is 3.97. The predicted octanol–water partition coefficient (Wildman–Crippen LogP) is 1.67. The number of nitrogens with one attached hydrogen (secondary N) is 1. The van der Waals surface area contributed by atoms with Gasteiger partial charge in [0.1, 0.15) is 0 Å². The minimum Gasteiger partial charge on any atom is -0.393 e. The number of hydrogen-bond acceptors (Lipinski definition) is 3. The van der Waals surface area contributed by atoms with Crippen LogP contribution in [0.3, 0.4) is 0 Å². The van der Waals surface area contributed by atoms with E-state index in [0.29, 0.717) is 24.5 Å². The standard InChI is InChI=1S/C16H28N2O2/c19-15-7-2-1-5-13(15)14-6-3-4-10-18(14)11-16(20)17-12-8-9-12/h12-15,19H,1-11H2,(H,17,20). The number of nitrogens with zero attached hydrogens (tertiary/aromatic N) is 1. The van der Waals surface area contributed by atoms with E-state index in [9.17, 15) is 9.90 Å². The zero-order valence-electron chi connectivity index (χ0n) is 12.4. The first-order chi connectivity index (χ1) is 9.74. The van der Waals surface area contributed by atoms with E-state index >= 15 is 0 Å². The average Bonchev–Trinajstić information content (AvgIpc) is 3.24. The summed E-state index contributed by atoms with van der Waals surface area (Å²) in [4.78, 5) is 14.4. The van der Waals surface area contributed by atoms with Crippen molar-refractivity contribution in [3.05, 3.63) is 0 Å². The lowest BCUT2D eigenvalue weighted by molar-refractivity contribution is -0.124. The zero-order valence-corrected chi connectivity index (χ0v) is 12.4. The van der Waals surface area contributed by atoms with Crippen LogP contribution in [0, 0.1) is 5.92 Å². The topological polar surface area (TPSA) is 52.6 Å². The second-order valence-electron chi connectivity index (χ2n) is 6.89. The second-order valence-corrected chi connectivity index (χ2v) is 6.89. The molecule has 3 atom stereocenters.